The van der Waals surface area contributed by atoms with Crippen LogP contribution < -0.4 is 5.32 Å². The number of para-hydroxylation sites is 1. The minimum Gasteiger partial charge on any atom is -0.316 e. The van der Waals surface area contributed by atoms with Crippen molar-refractivity contribution in [2.75, 3.05) is 26.2 Å². The van der Waals surface area contributed by atoms with E-state index in [4.69, 9.17) is 5.10 Å². The number of aromatic nitrogens is 2. The van der Waals surface area contributed by atoms with Crippen LogP contribution in [-0.4, -0.2) is 40.9 Å². The summed E-state index contributed by atoms with van der Waals surface area (Å²) in [6.45, 7) is 10.7. The summed E-state index contributed by atoms with van der Waals surface area (Å²) >= 11 is 0. The quantitative estimate of drug-likeness (QED) is 0.936. The van der Waals surface area contributed by atoms with E-state index in [1.807, 2.05) is 0 Å². The first kappa shape index (κ1) is 15.6. The molecule has 1 N–H and O–H groups in total. The molecule has 132 valence electrons. The Kier molecular flexibility index (Phi) is 3.38. The molecule has 1 saturated heterocycles. The van der Waals surface area contributed by atoms with Crippen molar-refractivity contribution in [3.63, 3.8) is 0 Å². The molecule has 0 radical (unpaired) electrons. The number of nitrogens with one attached hydrogen (secondary N) is 1. The summed E-state index contributed by atoms with van der Waals surface area (Å²) in [5.41, 5.74) is 4.82. The molecule has 3 heterocycles. The van der Waals surface area contributed by atoms with E-state index < -0.39 is 0 Å². The minimum absolute atomic E-state index is 0.269. The Morgan fingerprint density at radius 2 is 2.08 bits per heavy atom. The van der Waals surface area contributed by atoms with Crippen LogP contribution in [0.25, 0.3) is 5.69 Å². The highest BCUT2D eigenvalue weighted by atomic mass is 15.3. The second kappa shape index (κ2) is 5.42. The third-order valence-electron chi connectivity index (χ3n) is 6.41. The number of hydrogen-bond donors (Lipinski definition) is 1. The van der Waals surface area contributed by atoms with Gasteiger partial charge in [0.2, 0.25) is 0 Å². The van der Waals surface area contributed by atoms with Crippen LogP contribution in [0, 0.1) is 16.7 Å². The first-order valence-electron chi connectivity index (χ1n) is 9.59. The molecule has 5 rings (SSSR count). The Morgan fingerprint density at radius 3 is 2.80 bits per heavy atom. The van der Waals surface area contributed by atoms with Gasteiger partial charge in [-0.15, -0.1) is 0 Å². The fourth-order valence-electron chi connectivity index (χ4n) is 5.17. The Labute approximate surface area is 150 Å². The van der Waals surface area contributed by atoms with E-state index in [1.54, 1.807) is 0 Å². The van der Waals surface area contributed by atoms with Gasteiger partial charge >= 0.3 is 0 Å². The largest absolute Gasteiger partial charge is 0.316 e. The van der Waals surface area contributed by atoms with Gasteiger partial charge in [-0.2, -0.15) is 5.10 Å². The van der Waals surface area contributed by atoms with Gasteiger partial charge in [-0.1, -0.05) is 32.0 Å². The van der Waals surface area contributed by atoms with Crippen LogP contribution in [0.15, 0.2) is 36.5 Å². The van der Waals surface area contributed by atoms with Gasteiger partial charge < -0.3 is 5.32 Å². The van der Waals surface area contributed by atoms with E-state index in [-0.39, 0.29) is 5.41 Å². The van der Waals surface area contributed by atoms with Crippen molar-refractivity contribution in [3.8, 4) is 5.69 Å². The zero-order chi connectivity index (χ0) is 17.1. The molecule has 4 heteroatoms. The van der Waals surface area contributed by atoms with Crippen molar-refractivity contribution < 1.29 is 0 Å². The molecule has 4 nitrogen and oxygen atoms in total. The van der Waals surface area contributed by atoms with Crippen molar-refractivity contribution >= 4 is 0 Å². The van der Waals surface area contributed by atoms with Gasteiger partial charge in [0, 0.05) is 37.4 Å². The molecule has 25 heavy (non-hydrogen) atoms. The number of piperidine rings is 1. The predicted octanol–water partition coefficient (Wildman–Crippen LogP) is 2.87. The molecule has 0 spiro atoms. The monoisotopic (exact) mass is 336 g/mol. The van der Waals surface area contributed by atoms with Crippen LogP contribution in [0.2, 0.25) is 0 Å². The van der Waals surface area contributed by atoms with E-state index in [9.17, 15) is 0 Å². The number of benzene rings is 1. The van der Waals surface area contributed by atoms with Gasteiger partial charge in [-0.05, 0) is 48.3 Å². The topological polar surface area (TPSA) is 33.1 Å². The molecule has 2 atom stereocenters. The van der Waals surface area contributed by atoms with Crippen molar-refractivity contribution in [3.05, 3.63) is 47.8 Å². The number of hydrogen-bond acceptors (Lipinski definition) is 3. The van der Waals surface area contributed by atoms with Crippen LogP contribution in [0.4, 0.5) is 0 Å². The molecule has 2 aliphatic heterocycles. The lowest BCUT2D eigenvalue weighted by atomic mass is 9.87. The number of fused-ring (bicyclic) bond motifs is 2. The zero-order valence-electron chi connectivity index (χ0n) is 15.3. The third kappa shape index (κ3) is 2.72. The SMILES string of the molecule is CC1(C)Cc2c(cnn2-c2ccccc2)CN(CC23CNCC2C3)C1. The van der Waals surface area contributed by atoms with E-state index in [0.29, 0.717) is 5.41 Å². The minimum atomic E-state index is 0.269. The van der Waals surface area contributed by atoms with Crippen LogP contribution in [0.3, 0.4) is 0 Å². The van der Waals surface area contributed by atoms with Crippen LogP contribution in [0.1, 0.15) is 31.5 Å². The molecule has 2 aromatic rings. The van der Waals surface area contributed by atoms with Crippen LogP contribution >= 0.6 is 0 Å². The number of rotatable bonds is 3. The molecule has 3 aliphatic rings. The highest BCUT2D eigenvalue weighted by Gasteiger charge is 2.57. The third-order valence-corrected chi connectivity index (χ3v) is 6.41. The zero-order valence-corrected chi connectivity index (χ0v) is 15.3. The van der Waals surface area contributed by atoms with Crippen LogP contribution in [-0.2, 0) is 13.0 Å². The Balaban J connectivity index is 1.46. The summed E-state index contributed by atoms with van der Waals surface area (Å²) in [6, 6.07) is 10.6. The fourth-order valence-corrected chi connectivity index (χ4v) is 5.17. The summed E-state index contributed by atoms with van der Waals surface area (Å²) in [6.07, 6.45) is 4.61. The fraction of sp³-hybridized carbons (Fsp3) is 0.571. The summed E-state index contributed by atoms with van der Waals surface area (Å²) in [7, 11) is 0. The molecule has 0 amide bonds. The molecule has 1 aromatic heterocycles. The molecule has 2 unspecified atom stereocenters. The average Bonchev–Trinajstić information content (AvgIpc) is 2.93. The Bertz CT molecular complexity index is 778. The van der Waals surface area contributed by atoms with Gasteiger partial charge in [-0.3, -0.25) is 4.90 Å². The molecular formula is C21H28N4. The van der Waals surface area contributed by atoms with Gasteiger partial charge in [0.15, 0.2) is 0 Å². The average molecular weight is 336 g/mol. The molecule has 1 aliphatic carbocycles. The maximum absolute atomic E-state index is 4.75. The van der Waals surface area contributed by atoms with Crippen molar-refractivity contribution in [2.45, 2.75) is 33.2 Å². The summed E-state index contributed by atoms with van der Waals surface area (Å²) < 4.78 is 2.16. The first-order valence-corrected chi connectivity index (χ1v) is 9.59. The normalized spacial score (nSPS) is 30.6. The first-order chi connectivity index (χ1) is 12.0. The lowest BCUT2D eigenvalue weighted by Crippen LogP contribution is -2.38. The van der Waals surface area contributed by atoms with Crippen molar-refractivity contribution in [1.29, 1.82) is 0 Å². The smallest absolute Gasteiger partial charge is 0.0648 e. The number of nitrogens with zero attached hydrogens (tertiary/aromatic N) is 3. The molecule has 0 bridgehead atoms. The lowest BCUT2D eigenvalue weighted by Gasteiger charge is -2.32. The van der Waals surface area contributed by atoms with E-state index >= 15 is 0 Å². The molecule has 2 fully saturated rings. The molecule has 1 saturated carbocycles. The van der Waals surface area contributed by atoms with E-state index in [0.717, 1.165) is 18.9 Å². The molecule has 1 aromatic carbocycles. The summed E-state index contributed by atoms with van der Waals surface area (Å²) in [5.74, 6) is 0.922. The second-order valence-corrected chi connectivity index (χ2v) is 9.24. The van der Waals surface area contributed by atoms with E-state index in [2.05, 4.69) is 65.3 Å². The highest BCUT2D eigenvalue weighted by molar-refractivity contribution is 5.36. The maximum atomic E-state index is 4.75. The van der Waals surface area contributed by atoms with Gasteiger partial charge in [-0.25, -0.2) is 4.68 Å². The van der Waals surface area contributed by atoms with Gasteiger partial charge in [0.25, 0.3) is 0 Å². The Morgan fingerprint density at radius 1 is 1.24 bits per heavy atom. The second-order valence-electron chi connectivity index (χ2n) is 9.24. The maximum Gasteiger partial charge on any atom is 0.0648 e. The summed E-state index contributed by atoms with van der Waals surface area (Å²) in [5, 5.41) is 8.34. The predicted molar refractivity (Wildman–Crippen MR) is 99.7 cm³/mol. The van der Waals surface area contributed by atoms with Gasteiger partial charge in [0.1, 0.15) is 0 Å². The highest BCUT2D eigenvalue weighted by Crippen LogP contribution is 2.55. The van der Waals surface area contributed by atoms with Crippen LogP contribution in [0.5, 0.6) is 0 Å². The van der Waals surface area contributed by atoms with Crippen molar-refractivity contribution in [2.24, 2.45) is 16.7 Å². The standard InChI is InChI=1S/C21H28N4/c1-20(2)9-19-16(10-23-25(19)18-6-4-3-5-7-18)12-24(14-20)15-21-8-17(21)11-22-13-21/h3-7,10,17,22H,8-9,11-15H2,1-2H3. The molecular weight excluding hydrogens is 308 g/mol. The van der Waals surface area contributed by atoms with Crippen molar-refractivity contribution in [1.82, 2.24) is 20.0 Å². The Hall–Kier alpha value is -1.65. The van der Waals surface area contributed by atoms with E-state index in [1.165, 1.54) is 49.5 Å². The lowest BCUT2D eigenvalue weighted by molar-refractivity contribution is 0.150. The van der Waals surface area contributed by atoms with Gasteiger partial charge in [0.05, 0.1) is 11.9 Å². The summed E-state index contributed by atoms with van der Waals surface area (Å²) in [4.78, 5) is 2.70.